The topological polar surface area (TPSA) is 98.6 Å². The van der Waals surface area contributed by atoms with Crippen molar-refractivity contribution in [2.24, 2.45) is 0 Å². The van der Waals surface area contributed by atoms with E-state index < -0.39 is 10.0 Å². The predicted octanol–water partition coefficient (Wildman–Crippen LogP) is 2.89. The summed E-state index contributed by atoms with van der Waals surface area (Å²) in [5.74, 6) is 0. The fourth-order valence-corrected chi connectivity index (χ4v) is 3.18. The number of hydrogen-bond donors (Lipinski definition) is 2. The third-order valence-corrected chi connectivity index (χ3v) is 4.67. The summed E-state index contributed by atoms with van der Waals surface area (Å²) in [6.07, 6.45) is 2.71. The predicted molar refractivity (Wildman–Crippen MR) is 83.1 cm³/mol. The Hall–Kier alpha value is -2.56. The first-order chi connectivity index (χ1) is 10.5. The van der Waals surface area contributed by atoms with E-state index in [2.05, 4.69) is 14.7 Å². The first-order valence-electron chi connectivity index (χ1n) is 6.16. The van der Waals surface area contributed by atoms with Gasteiger partial charge in [-0.2, -0.15) is 5.26 Å². The largest absolute Gasteiger partial charge is 0.358 e. The molecule has 110 valence electrons. The minimum absolute atomic E-state index is 0.000894. The summed E-state index contributed by atoms with van der Waals surface area (Å²) in [6.45, 7) is 0. The van der Waals surface area contributed by atoms with Crippen LogP contribution in [0.25, 0.3) is 10.9 Å². The van der Waals surface area contributed by atoms with Crippen molar-refractivity contribution in [2.45, 2.75) is 4.90 Å². The molecule has 0 spiro atoms. The lowest BCUT2D eigenvalue weighted by atomic mass is 10.2. The summed E-state index contributed by atoms with van der Waals surface area (Å²) in [5, 5.41) is 9.88. The zero-order valence-corrected chi connectivity index (χ0v) is 12.6. The number of benzene rings is 1. The second-order valence-corrected chi connectivity index (χ2v) is 6.53. The summed E-state index contributed by atoms with van der Waals surface area (Å²) in [7, 11) is -3.79. The van der Waals surface area contributed by atoms with Crippen LogP contribution in [0.15, 0.2) is 47.6 Å². The molecule has 3 aromatic rings. The number of H-pyrrole nitrogens is 1. The Balaban J connectivity index is 2.04. The SMILES string of the molecule is N#Cc1c[nH]c2c(NS(=O)(=O)c3ccc(Cl)nc3)cccc12. The number of fused-ring (bicyclic) bond motifs is 1. The van der Waals surface area contributed by atoms with Gasteiger partial charge in [0, 0.05) is 17.8 Å². The van der Waals surface area contributed by atoms with E-state index in [0.29, 0.717) is 22.2 Å². The average Bonchev–Trinajstić information content (AvgIpc) is 2.91. The van der Waals surface area contributed by atoms with Gasteiger partial charge in [-0.25, -0.2) is 13.4 Å². The van der Waals surface area contributed by atoms with E-state index in [4.69, 9.17) is 16.9 Å². The number of nitrogens with one attached hydrogen (secondary N) is 2. The van der Waals surface area contributed by atoms with Crippen molar-refractivity contribution in [3.8, 4) is 6.07 Å². The van der Waals surface area contributed by atoms with E-state index >= 15 is 0 Å². The Labute approximate surface area is 131 Å². The van der Waals surface area contributed by atoms with E-state index in [9.17, 15) is 8.42 Å². The van der Waals surface area contributed by atoms with Crippen molar-refractivity contribution in [1.82, 2.24) is 9.97 Å². The van der Waals surface area contributed by atoms with Crippen LogP contribution < -0.4 is 4.72 Å². The minimum Gasteiger partial charge on any atom is -0.358 e. The number of sulfonamides is 1. The molecular formula is C14H9ClN4O2S. The van der Waals surface area contributed by atoms with Gasteiger partial charge in [0.25, 0.3) is 10.0 Å². The number of halogens is 1. The smallest absolute Gasteiger partial charge is 0.263 e. The minimum atomic E-state index is -3.79. The lowest BCUT2D eigenvalue weighted by molar-refractivity contribution is 0.601. The molecule has 6 nitrogen and oxygen atoms in total. The Bertz CT molecular complexity index is 988. The molecule has 2 N–H and O–H groups in total. The molecule has 3 rings (SSSR count). The Morgan fingerprint density at radius 1 is 1.27 bits per heavy atom. The number of hydrogen-bond acceptors (Lipinski definition) is 4. The molecule has 0 aliphatic rings. The molecule has 0 bridgehead atoms. The number of anilines is 1. The maximum Gasteiger partial charge on any atom is 0.263 e. The molecular weight excluding hydrogens is 324 g/mol. The normalized spacial score (nSPS) is 11.3. The second kappa shape index (κ2) is 5.33. The van der Waals surface area contributed by atoms with Crippen molar-refractivity contribution in [3.63, 3.8) is 0 Å². The molecule has 0 unspecified atom stereocenters. The summed E-state index contributed by atoms with van der Waals surface area (Å²) in [5.41, 5.74) is 1.35. The van der Waals surface area contributed by atoms with Gasteiger partial charge in [0.1, 0.15) is 16.1 Å². The van der Waals surface area contributed by atoms with Gasteiger partial charge in [-0.1, -0.05) is 23.7 Å². The van der Waals surface area contributed by atoms with Gasteiger partial charge < -0.3 is 4.98 Å². The van der Waals surface area contributed by atoms with E-state index in [1.54, 1.807) is 18.2 Å². The summed E-state index contributed by atoms with van der Waals surface area (Å²) < 4.78 is 27.2. The van der Waals surface area contributed by atoms with Gasteiger partial charge in [-0.05, 0) is 18.2 Å². The van der Waals surface area contributed by atoms with Gasteiger partial charge >= 0.3 is 0 Å². The van der Waals surface area contributed by atoms with Crippen LogP contribution in [0.5, 0.6) is 0 Å². The molecule has 0 amide bonds. The van der Waals surface area contributed by atoms with Crippen LogP contribution in [0.4, 0.5) is 5.69 Å². The highest BCUT2D eigenvalue weighted by atomic mass is 35.5. The molecule has 8 heteroatoms. The quantitative estimate of drug-likeness (QED) is 0.720. The van der Waals surface area contributed by atoms with Crippen molar-refractivity contribution >= 4 is 38.2 Å². The monoisotopic (exact) mass is 332 g/mol. The summed E-state index contributed by atoms with van der Waals surface area (Å²) in [6, 6.07) is 9.84. The number of nitrogens with zero attached hydrogens (tertiary/aromatic N) is 2. The highest BCUT2D eigenvalue weighted by Crippen LogP contribution is 2.27. The lowest BCUT2D eigenvalue weighted by Crippen LogP contribution is -2.13. The fourth-order valence-electron chi connectivity index (χ4n) is 2.06. The number of para-hydroxylation sites is 1. The fraction of sp³-hybridized carbons (Fsp3) is 0. The summed E-state index contributed by atoms with van der Waals surface area (Å²) >= 11 is 5.66. The van der Waals surface area contributed by atoms with Crippen LogP contribution in [-0.2, 0) is 10.0 Å². The highest BCUT2D eigenvalue weighted by Gasteiger charge is 2.17. The molecule has 0 atom stereocenters. The zero-order chi connectivity index (χ0) is 15.7. The second-order valence-electron chi connectivity index (χ2n) is 4.46. The van der Waals surface area contributed by atoms with Gasteiger partial charge in [0.05, 0.1) is 16.8 Å². The van der Waals surface area contributed by atoms with Gasteiger partial charge in [-0.3, -0.25) is 4.72 Å². The van der Waals surface area contributed by atoms with Crippen LogP contribution in [-0.4, -0.2) is 18.4 Å². The van der Waals surface area contributed by atoms with Crippen LogP contribution in [0.1, 0.15) is 5.56 Å². The molecule has 2 aromatic heterocycles. The summed E-state index contributed by atoms with van der Waals surface area (Å²) in [4.78, 5) is 6.67. The zero-order valence-electron chi connectivity index (χ0n) is 11.0. The van der Waals surface area contributed by atoms with E-state index in [1.807, 2.05) is 6.07 Å². The third kappa shape index (κ3) is 2.50. The van der Waals surface area contributed by atoms with Crippen molar-refractivity contribution in [3.05, 3.63) is 53.4 Å². The number of rotatable bonds is 3. The number of pyridine rings is 1. The molecule has 2 heterocycles. The van der Waals surface area contributed by atoms with Gasteiger partial charge in [0.15, 0.2) is 0 Å². The Morgan fingerprint density at radius 2 is 2.09 bits per heavy atom. The number of nitriles is 1. The Kier molecular flexibility index (Phi) is 3.48. The molecule has 0 saturated heterocycles. The van der Waals surface area contributed by atoms with E-state index in [0.717, 1.165) is 0 Å². The molecule has 0 aliphatic heterocycles. The average molecular weight is 333 g/mol. The van der Waals surface area contributed by atoms with Crippen LogP contribution in [0, 0.1) is 11.3 Å². The van der Waals surface area contributed by atoms with E-state index in [1.165, 1.54) is 24.5 Å². The van der Waals surface area contributed by atoms with Crippen molar-refractivity contribution in [1.29, 1.82) is 5.26 Å². The first-order valence-corrected chi connectivity index (χ1v) is 8.02. The van der Waals surface area contributed by atoms with Crippen LogP contribution in [0.2, 0.25) is 5.15 Å². The number of aromatic nitrogens is 2. The number of aromatic amines is 1. The van der Waals surface area contributed by atoms with Crippen molar-refractivity contribution < 1.29 is 8.42 Å². The van der Waals surface area contributed by atoms with Gasteiger partial charge in [0.2, 0.25) is 0 Å². The first kappa shape index (κ1) is 14.4. The Morgan fingerprint density at radius 3 is 2.77 bits per heavy atom. The van der Waals surface area contributed by atoms with Crippen LogP contribution in [0.3, 0.4) is 0 Å². The molecule has 1 aromatic carbocycles. The molecule has 0 aliphatic carbocycles. The molecule has 22 heavy (non-hydrogen) atoms. The van der Waals surface area contributed by atoms with Gasteiger partial charge in [-0.15, -0.1) is 0 Å². The maximum atomic E-state index is 12.4. The molecule has 0 radical (unpaired) electrons. The van der Waals surface area contributed by atoms with Crippen molar-refractivity contribution in [2.75, 3.05) is 4.72 Å². The van der Waals surface area contributed by atoms with E-state index in [-0.39, 0.29) is 10.0 Å². The molecule has 0 fully saturated rings. The third-order valence-electron chi connectivity index (χ3n) is 3.09. The van der Waals surface area contributed by atoms with Crippen LogP contribution >= 0.6 is 11.6 Å². The molecule has 0 saturated carbocycles. The highest BCUT2D eigenvalue weighted by molar-refractivity contribution is 7.92. The maximum absolute atomic E-state index is 12.4. The standard InChI is InChI=1S/C14H9ClN4O2S/c15-13-5-4-10(8-17-13)22(20,21)19-12-3-1-2-11-9(6-16)7-18-14(11)12/h1-5,7-8,18-19H. The lowest BCUT2D eigenvalue weighted by Gasteiger charge is -2.09.